The number of rotatable bonds is 6. The number of pyridine rings is 1. The second-order valence-corrected chi connectivity index (χ2v) is 11.7. The van der Waals surface area contributed by atoms with E-state index in [1.54, 1.807) is 4.57 Å². The van der Waals surface area contributed by atoms with Crippen LogP contribution in [0.1, 0.15) is 89.1 Å². The minimum absolute atomic E-state index is 0.0356. The van der Waals surface area contributed by atoms with Crippen LogP contribution in [-0.2, 0) is 4.79 Å². The molecule has 1 aliphatic heterocycles. The molecule has 3 aliphatic rings. The Morgan fingerprint density at radius 3 is 2.40 bits per heavy atom. The molecule has 0 spiro atoms. The topological polar surface area (TPSA) is 86.0 Å². The lowest BCUT2D eigenvalue weighted by Gasteiger charge is -2.31. The van der Waals surface area contributed by atoms with Crippen molar-refractivity contribution in [2.45, 2.75) is 95.2 Å². The fourth-order valence-electron chi connectivity index (χ4n) is 6.21. The van der Waals surface area contributed by atoms with Crippen molar-refractivity contribution in [3.8, 4) is 0 Å². The molecule has 1 N–H and O–H groups in total. The zero-order valence-electron chi connectivity index (χ0n) is 20.2. The molecule has 0 bridgehead atoms. The zero-order valence-corrected chi connectivity index (χ0v) is 21.0. The normalized spacial score (nSPS) is 24.1. The van der Waals surface area contributed by atoms with Gasteiger partial charge in [0.05, 0.1) is 11.6 Å². The SMILES string of the molecule is O=C(CCC1CCCC1)NC1CCC(n2c(=O)c3cc(F)cnc3n(C3CCSCC3)c2=O)CC1. The Morgan fingerprint density at radius 1 is 1.00 bits per heavy atom. The van der Waals surface area contributed by atoms with E-state index in [1.165, 1.54) is 36.3 Å². The Bertz CT molecular complexity index is 1180. The predicted octanol–water partition coefficient (Wildman–Crippen LogP) is 4.34. The third-order valence-corrected chi connectivity index (χ3v) is 9.21. The smallest absolute Gasteiger partial charge is 0.333 e. The quantitative estimate of drug-likeness (QED) is 0.635. The van der Waals surface area contributed by atoms with E-state index >= 15 is 0 Å². The molecule has 35 heavy (non-hydrogen) atoms. The van der Waals surface area contributed by atoms with Crippen molar-refractivity contribution in [3.63, 3.8) is 0 Å². The predicted molar refractivity (Wildman–Crippen MR) is 136 cm³/mol. The van der Waals surface area contributed by atoms with Crippen molar-refractivity contribution in [2.24, 2.45) is 5.92 Å². The summed E-state index contributed by atoms with van der Waals surface area (Å²) in [7, 11) is 0. The van der Waals surface area contributed by atoms with Crippen molar-refractivity contribution in [1.82, 2.24) is 19.4 Å². The van der Waals surface area contributed by atoms with Gasteiger partial charge in [0.25, 0.3) is 5.56 Å². The molecule has 0 atom stereocenters. The molecule has 190 valence electrons. The third kappa shape index (κ3) is 5.34. The zero-order chi connectivity index (χ0) is 24.4. The molecule has 2 aromatic rings. The first kappa shape index (κ1) is 24.5. The molecule has 7 nitrogen and oxygen atoms in total. The lowest BCUT2D eigenvalue weighted by atomic mass is 9.90. The summed E-state index contributed by atoms with van der Waals surface area (Å²) >= 11 is 1.86. The summed E-state index contributed by atoms with van der Waals surface area (Å²) in [6.45, 7) is 0. The van der Waals surface area contributed by atoms with Crippen LogP contribution in [-0.4, -0.2) is 37.6 Å². The average Bonchev–Trinajstić information content (AvgIpc) is 3.39. The van der Waals surface area contributed by atoms with Crippen molar-refractivity contribution in [1.29, 1.82) is 0 Å². The van der Waals surface area contributed by atoms with Crippen LogP contribution in [0.2, 0.25) is 0 Å². The van der Waals surface area contributed by atoms with Crippen LogP contribution in [0.25, 0.3) is 11.0 Å². The maximum absolute atomic E-state index is 14.1. The van der Waals surface area contributed by atoms with E-state index in [0.717, 1.165) is 49.8 Å². The number of halogens is 1. The van der Waals surface area contributed by atoms with Crippen molar-refractivity contribution in [3.05, 3.63) is 38.9 Å². The van der Waals surface area contributed by atoms with Crippen LogP contribution in [0.3, 0.4) is 0 Å². The first-order valence-corrected chi connectivity index (χ1v) is 14.4. The monoisotopic (exact) mass is 502 g/mol. The van der Waals surface area contributed by atoms with Gasteiger partial charge in [-0.15, -0.1) is 0 Å². The maximum Gasteiger partial charge on any atom is 0.333 e. The molecular weight excluding hydrogens is 467 g/mol. The molecule has 3 fully saturated rings. The summed E-state index contributed by atoms with van der Waals surface area (Å²) in [5.41, 5.74) is -0.497. The van der Waals surface area contributed by atoms with Crippen molar-refractivity contribution in [2.75, 3.05) is 11.5 Å². The fourth-order valence-corrected chi connectivity index (χ4v) is 7.29. The van der Waals surface area contributed by atoms with Gasteiger partial charge >= 0.3 is 5.69 Å². The molecular formula is C26H35FN4O3S. The number of carbonyl (C=O) groups is 1. The van der Waals surface area contributed by atoms with Gasteiger partial charge in [0.15, 0.2) is 0 Å². The number of nitrogens with zero attached hydrogens (tertiary/aromatic N) is 3. The first-order valence-electron chi connectivity index (χ1n) is 13.2. The summed E-state index contributed by atoms with van der Waals surface area (Å²) in [4.78, 5) is 43.7. The lowest BCUT2D eigenvalue weighted by molar-refractivity contribution is -0.122. The average molecular weight is 503 g/mol. The number of fused-ring (bicyclic) bond motifs is 1. The Morgan fingerprint density at radius 2 is 1.69 bits per heavy atom. The Hall–Kier alpha value is -2.16. The number of nitrogens with one attached hydrogen (secondary N) is 1. The van der Waals surface area contributed by atoms with Crippen LogP contribution < -0.4 is 16.6 Å². The van der Waals surface area contributed by atoms with Gasteiger partial charge in [0.1, 0.15) is 11.5 Å². The van der Waals surface area contributed by atoms with Crippen LogP contribution in [0.15, 0.2) is 21.9 Å². The van der Waals surface area contributed by atoms with Gasteiger partial charge in [-0.25, -0.2) is 14.2 Å². The van der Waals surface area contributed by atoms with Gasteiger partial charge in [-0.3, -0.25) is 18.7 Å². The minimum Gasteiger partial charge on any atom is -0.353 e. The Balaban J connectivity index is 1.33. The Kier molecular flexibility index (Phi) is 7.60. The van der Waals surface area contributed by atoms with E-state index in [9.17, 15) is 18.8 Å². The molecule has 1 amide bonds. The van der Waals surface area contributed by atoms with E-state index in [4.69, 9.17) is 0 Å². The highest BCUT2D eigenvalue weighted by atomic mass is 32.2. The van der Waals surface area contributed by atoms with E-state index in [1.807, 2.05) is 11.8 Å². The van der Waals surface area contributed by atoms with Gasteiger partial charge < -0.3 is 5.32 Å². The number of hydrogen-bond acceptors (Lipinski definition) is 5. The lowest BCUT2D eigenvalue weighted by Crippen LogP contribution is -2.46. The first-order chi connectivity index (χ1) is 17.0. The van der Waals surface area contributed by atoms with Crippen LogP contribution in [0.4, 0.5) is 4.39 Å². The van der Waals surface area contributed by atoms with Gasteiger partial charge in [0, 0.05) is 24.5 Å². The molecule has 2 aliphatic carbocycles. The second-order valence-electron chi connectivity index (χ2n) is 10.5. The molecule has 9 heteroatoms. The largest absolute Gasteiger partial charge is 0.353 e. The molecule has 0 aromatic carbocycles. The van der Waals surface area contributed by atoms with E-state index < -0.39 is 11.4 Å². The highest BCUT2D eigenvalue weighted by Crippen LogP contribution is 2.31. The number of thioether (sulfide) groups is 1. The van der Waals surface area contributed by atoms with E-state index in [0.29, 0.717) is 25.2 Å². The van der Waals surface area contributed by atoms with Crippen molar-refractivity contribution >= 4 is 28.7 Å². The van der Waals surface area contributed by atoms with Gasteiger partial charge in [-0.2, -0.15) is 11.8 Å². The molecule has 1 saturated heterocycles. The van der Waals surface area contributed by atoms with Crippen molar-refractivity contribution < 1.29 is 9.18 Å². The van der Waals surface area contributed by atoms with Crippen LogP contribution in [0, 0.1) is 11.7 Å². The summed E-state index contributed by atoms with van der Waals surface area (Å²) in [5, 5.41) is 3.34. The highest BCUT2D eigenvalue weighted by molar-refractivity contribution is 7.99. The molecule has 2 saturated carbocycles. The standard InChI is InChI=1S/C26H35FN4O3S/c27-18-15-22-24(28-16-18)30(21-11-13-35-14-12-21)26(34)31(25(22)33)20-8-6-19(7-9-20)29-23(32)10-5-17-3-1-2-4-17/h15-17,19-21H,1-14H2,(H,29,32). The van der Waals surface area contributed by atoms with Crippen LogP contribution >= 0.6 is 11.8 Å². The maximum atomic E-state index is 14.1. The van der Waals surface area contributed by atoms with E-state index in [-0.39, 0.29) is 40.8 Å². The molecule has 0 radical (unpaired) electrons. The molecule has 2 aromatic heterocycles. The molecule has 5 rings (SSSR count). The fraction of sp³-hybridized carbons (Fsp3) is 0.692. The molecule has 3 heterocycles. The summed E-state index contributed by atoms with van der Waals surface area (Å²) in [6, 6.07) is 1.01. The van der Waals surface area contributed by atoms with Gasteiger partial charge in [-0.1, -0.05) is 25.7 Å². The number of amides is 1. The highest BCUT2D eigenvalue weighted by Gasteiger charge is 2.29. The number of carbonyl (C=O) groups excluding carboxylic acids is 1. The second kappa shape index (κ2) is 10.8. The Labute approximate surface area is 208 Å². The number of aromatic nitrogens is 3. The van der Waals surface area contributed by atoms with Gasteiger partial charge in [-0.05, 0) is 68.4 Å². The summed E-state index contributed by atoms with van der Waals surface area (Å²) in [5.74, 6) is 2.13. The minimum atomic E-state index is -0.574. The van der Waals surface area contributed by atoms with E-state index in [2.05, 4.69) is 10.3 Å². The number of hydrogen-bond donors (Lipinski definition) is 1. The summed E-state index contributed by atoms with van der Waals surface area (Å²) in [6.07, 6.45) is 12.1. The van der Waals surface area contributed by atoms with Crippen LogP contribution in [0.5, 0.6) is 0 Å². The summed E-state index contributed by atoms with van der Waals surface area (Å²) < 4.78 is 17.1. The third-order valence-electron chi connectivity index (χ3n) is 8.16. The molecule has 0 unspecified atom stereocenters. The van der Waals surface area contributed by atoms with Gasteiger partial charge in [0.2, 0.25) is 5.91 Å².